The second-order valence-corrected chi connectivity index (χ2v) is 5.08. The van der Waals surface area contributed by atoms with Crippen LogP contribution in [-0.2, 0) is 6.18 Å². The zero-order valence-corrected chi connectivity index (χ0v) is 12.3. The van der Waals surface area contributed by atoms with Crippen LogP contribution in [-0.4, -0.2) is 27.2 Å². The molecule has 3 aromatic rings. The van der Waals surface area contributed by atoms with Crippen LogP contribution in [0.25, 0.3) is 16.8 Å². The number of pyridine rings is 2. The molecule has 0 aromatic carbocycles. The number of nitrogens with zero attached hydrogens (tertiary/aromatic N) is 3. The zero-order chi connectivity index (χ0) is 18.2. The van der Waals surface area contributed by atoms with Gasteiger partial charge in [-0.25, -0.2) is 9.97 Å². The van der Waals surface area contributed by atoms with E-state index in [0.717, 1.165) is 10.6 Å². The van der Waals surface area contributed by atoms with Gasteiger partial charge in [0.05, 0.1) is 6.20 Å². The third-order valence-electron chi connectivity index (χ3n) is 3.25. The second-order valence-electron chi connectivity index (χ2n) is 5.08. The van der Waals surface area contributed by atoms with Crippen LogP contribution < -0.4 is 4.74 Å². The predicted molar refractivity (Wildman–Crippen MR) is 75.0 cm³/mol. The minimum atomic E-state index is -4.56. The summed E-state index contributed by atoms with van der Waals surface area (Å²) in [5.41, 5.74) is 0.00515. The molecule has 0 atom stereocenters. The van der Waals surface area contributed by atoms with E-state index in [9.17, 15) is 26.3 Å². The van der Waals surface area contributed by atoms with Crippen LogP contribution in [0.3, 0.4) is 0 Å². The van der Waals surface area contributed by atoms with Gasteiger partial charge in [0.15, 0.2) is 6.61 Å². The Morgan fingerprint density at radius 3 is 2.20 bits per heavy atom. The molecule has 0 spiro atoms. The van der Waals surface area contributed by atoms with Gasteiger partial charge in [-0.2, -0.15) is 26.3 Å². The summed E-state index contributed by atoms with van der Waals surface area (Å²) in [6.45, 7) is -1.48. The largest absolute Gasteiger partial charge is 0.468 e. The maximum absolute atomic E-state index is 12.9. The van der Waals surface area contributed by atoms with Crippen molar-refractivity contribution in [2.75, 3.05) is 6.61 Å². The van der Waals surface area contributed by atoms with E-state index in [0.29, 0.717) is 11.1 Å². The first-order valence-electron chi connectivity index (χ1n) is 6.84. The van der Waals surface area contributed by atoms with Crippen molar-refractivity contribution in [3.63, 3.8) is 0 Å². The first kappa shape index (κ1) is 17.1. The monoisotopic (exact) mass is 361 g/mol. The van der Waals surface area contributed by atoms with E-state index in [2.05, 4.69) is 14.7 Å². The molecule has 25 heavy (non-hydrogen) atoms. The standard InChI is InChI=1S/C15H9F6N3O/c16-14(17,18)8-25-13-4-2-9(5-23-13)10-1-3-12-22-6-11(15(19,20)21)24(12)7-10/h1-7H,8H2. The van der Waals surface area contributed by atoms with Crippen LogP contribution >= 0.6 is 0 Å². The summed E-state index contributed by atoms with van der Waals surface area (Å²) in [7, 11) is 0. The molecule has 0 bridgehead atoms. The second kappa shape index (κ2) is 5.94. The molecule has 0 saturated carbocycles. The molecule has 0 aliphatic heterocycles. The van der Waals surface area contributed by atoms with Crippen molar-refractivity contribution in [2.24, 2.45) is 0 Å². The quantitative estimate of drug-likeness (QED) is 0.651. The fourth-order valence-corrected chi connectivity index (χ4v) is 2.15. The van der Waals surface area contributed by atoms with Crippen molar-refractivity contribution in [3.8, 4) is 17.0 Å². The molecule has 132 valence electrons. The minimum Gasteiger partial charge on any atom is -0.468 e. The first-order valence-corrected chi connectivity index (χ1v) is 6.84. The molecule has 0 amide bonds. The van der Waals surface area contributed by atoms with Crippen LogP contribution in [0.4, 0.5) is 26.3 Å². The topological polar surface area (TPSA) is 39.4 Å². The van der Waals surface area contributed by atoms with Gasteiger partial charge < -0.3 is 4.74 Å². The molecule has 4 nitrogen and oxygen atoms in total. The number of imidazole rings is 1. The molecule has 0 N–H and O–H groups in total. The highest BCUT2D eigenvalue weighted by molar-refractivity contribution is 5.64. The average molecular weight is 361 g/mol. The summed E-state index contributed by atoms with van der Waals surface area (Å²) in [6.07, 6.45) is -5.87. The van der Waals surface area contributed by atoms with Crippen molar-refractivity contribution in [1.29, 1.82) is 0 Å². The summed E-state index contributed by atoms with van der Waals surface area (Å²) in [5, 5.41) is 0. The van der Waals surface area contributed by atoms with Crippen LogP contribution in [0.2, 0.25) is 0 Å². The number of aromatic nitrogens is 3. The molecule has 0 aliphatic carbocycles. The molecule has 3 rings (SSSR count). The fourth-order valence-electron chi connectivity index (χ4n) is 2.15. The highest BCUT2D eigenvalue weighted by Gasteiger charge is 2.34. The zero-order valence-electron chi connectivity index (χ0n) is 12.3. The lowest BCUT2D eigenvalue weighted by atomic mass is 10.1. The number of fused-ring (bicyclic) bond motifs is 1. The maximum Gasteiger partial charge on any atom is 0.433 e. The van der Waals surface area contributed by atoms with E-state index < -0.39 is 24.7 Å². The Balaban J connectivity index is 1.89. The van der Waals surface area contributed by atoms with Crippen molar-refractivity contribution in [3.05, 3.63) is 48.5 Å². The summed E-state index contributed by atoms with van der Waals surface area (Å²) in [6, 6.07) is 5.56. The molecule has 0 radical (unpaired) electrons. The third-order valence-corrected chi connectivity index (χ3v) is 3.25. The molecule has 3 heterocycles. The Morgan fingerprint density at radius 2 is 1.60 bits per heavy atom. The van der Waals surface area contributed by atoms with Gasteiger partial charge in [0.2, 0.25) is 5.88 Å². The predicted octanol–water partition coefficient (Wildman–Crippen LogP) is 4.36. The fraction of sp³-hybridized carbons (Fsp3) is 0.200. The number of hydrogen-bond acceptors (Lipinski definition) is 3. The Labute approximate surface area is 136 Å². The molecule has 3 aromatic heterocycles. The first-order chi connectivity index (χ1) is 11.6. The highest BCUT2D eigenvalue weighted by Crippen LogP contribution is 2.31. The smallest absolute Gasteiger partial charge is 0.433 e. The maximum atomic E-state index is 12.9. The lowest BCUT2D eigenvalue weighted by molar-refractivity contribution is -0.154. The summed E-state index contributed by atoms with van der Waals surface area (Å²) >= 11 is 0. The van der Waals surface area contributed by atoms with E-state index in [1.54, 1.807) is 0 Å². The van der Waals surface area contributed by atoms with E-state index in [4.69, 9.17) is 0 Å². The van der Waals surface area contributed by atoms with Crippen molar-refractivity contribution >= 4 is 5.65 Å². The van der Waals surface area contributed by atoms with Crippen LogP contribution in [0.1, 0.15) is 5.69 Å². The van der Waals surface area contributed by atoms with Crippen molar-refractivity contribution in [1.82, 2.24) is 14.4 Å². The molecule has 0 aliphatic rings. The molecule has 0 fully saturated rings. The number of halogens is 6. The Kier molecular flexibility index (Phi) is 4.05. The van der Waals surface area contributed by atoms with Gasteiger partial charge in [0, 0.05) is 29.6 Å². The van der Waals surface area contributed by atoms with Crippen LogP contribution in [0.15, 0.2) is 42.9 Å². The van der Waals surface area contributed by atoms with Gasteiger partial charge in [0.1, 0.15) is 11.3 Å². The number of rotatable bonds is 3. The van der Waals surface area contributed by atoms with Crippen LogP contribution in [0, 0.1) is 0 Å². The van der Waals surface area contributed by atoms with E-state index in [1.807, 2.05) is 0 Å². The van der Waals surface area contributed by atoms with E-state index in [-0.39, 0.29) is 11.5 Å². The number of hydrogen-bond donors (Lipinski definition) is 0. The van der Waals surface area contributed by atoms with Crippen LogP contribution in [0.5, 0.6) is 5.88 Å². The Bertz CT molecular complexity index is 883. The normalized spacial score (nSPS) is 12.6. The summed E-state index contributed by atoms with van der Waals surface area (Å²) < 4.78 is 80.4. The number of ether oxygens (including phenoxy) is 1. The molecule has 10 heteroatoms. The molecule has 0 unspecified atom stereocenters. The van der Waals surface area contributed by atoms with E-state index in [1.165, 1.54) is 36.7 Å². The number of alkyl halides is 6. The minimum absolute atomic E-state index is 0.120. The molecule has 0 saturated heterocycles. The molecular weight excluding hydrogens is 352 g/mol. The lowest BCUT2D eigenvalue weighted by Gasteiger charge is -2.10. The average Bonchev–Trinajstić information content (AvgIpc) is 2.96. The van der Waals surface area contributed by atoms with Gasteiger partial charge in [-0.15, -0.1) is 0 Å². The van der Waals surface area contributed by atoms with Gasteiger partial charge in [0.25, 0.3) is 0 Å². The van der Waals surface area contributed by atoms with E-state index >= 15 is 0 Å². The highest BCUT2D eigenvalue weighted by atomic mass is 19.4. The summed E-state index contributed by atoms with van der Waals surface area (Å²) in [5.74, 6) is -0.235. The van der Waals surface area contributed by atoms with Gasteiger partial charge in [-0.3, -0.25) is 4.40 Å². The van der Waals surface area contributed by atoms with Gasteiger partial charge >= 0.3 is 12.4 Å². The lowest BCUT2D eigenvalue weighted by Crippen LogP contribution is -2.19. The van der Waals surface area contributed by atoms with Crippen molar-refractivity contribution in [2.45, 2.75) is 12.4 Å². The molecular formula is C15H9F6N3O. The third kappa shape index (κ3) is 3.83. The Morgan fingerprint density at radius 1 is 0.880 bits per heavy atom. The summed E-state index contributed by atoms with van der Waals surface area (Å²) in [4.78, 5) is 7.41. The Hall–Kier alpha value is -2.78. The van der Waals surface area contributed by atoms with Gasteiger partial charge in [-0.1, -0.05) is 0 Å². The van der Waals surface area contributed by atoms with Gasteiger partial charge in [-0.05, 0) is 18.2 Å². The van der Waals surface area contributed by atoms with Crippen molar-refractivity contribution < 1.29 is 31.1 Å². The SMILES string of the molecule is FC(F)(F)COc1ccc(-c2ccc3ncc(C(F)(F)F)n3c2)cn1.